The Hall–Kier alpha value is -5.22. The Morgan fingerprint density at radius 3 is 2.33 bits per heavy atom. The fourth-order valence-corrected chi connectivity index (χ4v) is 4.89. The number of methoxy groups -OCH3 is 1. The second-order valence-electron chi connectivity index (χ2n) is 9.33. The topological polar surface area (TPSA) is 115 Å². The van der Waals surface area contributed by atoms with Gasteiger partial charge in [-0.2, -0.15) is 0 Å². The first kappa shape index (κ1) is 29.3. The third kappa shape index (κ3) is 8.17. The van der Waals surface area contributed by atoms with Crippen molar-refractivity contribution in [1.82, 2.24) is 5.32 Å². The Bertz CT molecular complexity index is 1640. The van der Waals surface area contributed by atoms with E-state index in [-0.39, 0.29) is 17.4 Å². The summed E-state index contributed by atoms with van der Waals surface area (Å²) in [5.41, 5.74) is 2.31. The number of thioether (sulfide) groups is 1. The number of carbonyl (C=O) groups excluding carboxylic acids is 3. The van der Waals surface area contributed by atoms with Gasteiger partial charge >= 0.3 is 0 Å². The highest BCUT2D eigenvalue weighted by atomic mass is 32.2. The highest BCUT2D eigenvalue weighted by molar-refractivity contribution is 8.00. The largest absolute Gasteiger partial charge is 0.497 e. The van der Waals surface area contributed by atoms with Crippen LogP contribution in [0.1, 0.15) is 15.9 Å². The van der Waals surface area contributed by atoms with E-state index < -0.39 is 11.8 Å². The minimum Gasteiger partial charge on any atom is -0.497 e. The van der Waals surface area contributed by atoms with Crippen LogP contribution in [0.15, 0.2) is 108 Å². The Morgan fingerprint density at radius 2 is 1.56 bits per heavy atom. The van der Waals surface area contributed by atoms with Gasteiger partial charge in [0.1, 0.15) is 24.7 Å². The highest BCUT2D eigenvalue weighted by Gasteiger charge is 2.16. The van der Waals surface area contributed by atoms with Crippen molar-refractivity contribution in [3.63, 3.8) is 0 Å². The van der Waals surface area contributed by atoms with Gasteiger partial charge < -0.3 is 30.2 Å². The molecule has 1 heterocycles. The molecule has 5 rings (SSSR count). The van der Waals surface area contributed by atoms with Gasteiger partial charge in [-0.25, -0.2) is 0 Å². The van der Waals surface area contributed by atoms with Crippen LogP contribution in [0.4, 0.5) is 11.4 Å². The number of fused-ring (bicyclic) bond motifs is 1. The first-order chi connectivity index (χ1) is 21.0. The Labute approximate surface area is 253 Å². The summed E-state index contributed by atoms with van der Waals surface area (Å²) in [5.74, 6) is 0.971. The monoisotopic (exact) mass is 595 g/mol. The fraction of sp³-hybridized carbons (Fsp3) is 0.121. The maximum absolute atomic E-state index is 13.4. The number of benzene rings is 4. The van der Waals surface area contributed by atoms with E-state index in [0.29, 0.717) is 53.0 Å². The maximum atomic E-state index is 13.4. The van der Waals surface area contributed by atoms with E-state index in [4.69, 9.17) is 14.2 Å². The molecule has 0 atom stereocenters. The van der Waals surface area contributed by atoms with E-state index >= 15 is 0 Å². The molecule has 3 N–H and O–H groups in total. The molecule has 43 heavy (non-hydrogen) atoms. The summed E-state index contributed by atoms with van der Waals surface area (Å²) in [6, 6.07) is 28.2. The molecule has 1 aliphatic rings. The lowest BCUT2D eigenvalue weighted by Crippen LogP contribution is -2.30. The standard InChI is InChI=1S/C33H29N3O6S/c1-40-26-13-10-22(11-14-26)18-28(36-32(38)23-6-3-2-4-7-23)33(39)35-24-8-5-9-27(19-24)43-21-31(37)34-25-12-15-29-30(20-25)42-17-16-41-29/h2-15,18-20H,16-17,21H2,1H3,(H,34,37)(H,35,39)(H,36,38)/b28-18+. The van der Waals surface area contributed by atoms with Crippen LogP contribution in [0.5, 0.6) is 17.2 Å². The molecule has 3 amide bonds. The molecule has 218 valence electrons. The van der Waals surface area contributed by atoms with Crippen molar-refractivity contribution in [1.29, 1.82) is 0 Å². The zero-order valence-electron chi connectivity index (χ0n) is 23.3. The number of ether oxygens (including phenoxy) is 3. The average Bonchev–Trinajstić information content (AvgIpc) is 3.04. The number of rotatable bonds is 10. The molecule has 0 bridgehead atoms. The Balaban J connectivity index is 1.24. The maximum Gasteiger partial charge on any atom is 0.272 e. The number of carbonyl (C=O) groups is 3. The van der Waals surface area contributed by atoms with Gasteiger partial charge in [-0.05, 0) is 66.2 Å². The fourth-order valence-electron chi connectivity index (χ4n) is 4.14. The number of anilines is 2. The van der Waals surface area contributed by atoms with Gasteiger partial charge in [0.2, 0.25) is 5.91 Å². The third-order valence-electron chi connectivity index (χ3n) is 6.24. The molecule has 0 aromatic heterocycles. The molecule has 0 unspecified atom stereocenters. The number of nitrogens with one attached hydrogen (secondary N) is 3. The summed E-state index contributed by atoms with van der Waals surface area (Å²) in [5, 5.41) is 8.45. The molecule has 0 fully saturated rings. The lowest BCUT2D eigenvalue weighted by molar-refractivity contribution is -0.114. The predicted molar refractivity (Wildman–Crippen MR) is 167 cm³/mol. The van der Waals surface area contributed by atoms with Crippen molar-refractivity contribution in [2.75, 3.05) is 36.7 Å². The van der Waals surface area contributed by atoms with Crippen molar-refractivity contribution < 1.29 is 28.6 Å². The normalized spacial score (nSPS) is 12.2. The smallest absolute Gasteiger partial charge is 0.272 e. The molecule has 4 aromatic carbocycles. The molecule has 4 aromatic rings. The van der Waals surface area contributed by atoms with E-state index in [2.05, 4.69) is 16.0 Å². The molecular formula is C33H29N3O6S. The first-order valence-corrected chi connectivity index (χ1v) is 14.4. The SMILES string of the molecule is COc1ccc(/C=C(/NC(=O)c2ccccc2)C(=O)Nc2cccc(SCC(=O)Nc3ccc4c(c3)OCCO4)c2)cc1. The molecule has 0 saturated heterocycles. The van der Waals surface area contributed by atoms with Gasteiger partial charge in [-0.1, -0.05) is 36.4 Å². The molecule has 0 aliphatic carbocycles. The van der Waals surface area contributed by atoms with Gasteiger partial charge in [0.15, 0.2) is 11.5 Å². The number of hydrogen-bond donors (Lipinski definition) is 3. The zero-order chi connectivity index (χ0) is 30.0. The van der Waals surface area contributed by atoms with Gasteiger partial charge in [0, 0.05) is 27.9 Å². The average molecular weight is 596 g/mol. The Morgan fingerprint density at radius 1 is 0.814 bits per heavy atom. The van der Waals surface area contributed by atoms with Crippen molar-refractivity contribution in [2.45, 2.75) is 4.90 Å². The first-order valence-electron chi connectivity index (χ1n) is 13.4. The van der Waals surface area contributed by atoms with E-state index in [9.17, 15) is 14.4 Å². The van der Waals surface area contributed by atoms with Crippen LogP contribution in [-0.2, 0) is 9.59 Å². The molecule has 0 spiro atoms. The van der Waals surface area contributed by atoms with Crippen LogP contribution < -0.4 is 30.2 Å². The summed E-state index contributed by atoms with van der Waals surface area (Å²) < 4.78 is 16.3. The van der Waals surface area contributed by atoms with Crippen molar-refractivity contribution in [2.24, 2.45) is 0 Å². The molecule has 0 radical (unpaired) electrons. The molecule has 10 heteroatoms. The lowest BCUT2D eigenvalue weighted by atomic mass is 10.1. The summed E-state index contributed by atoms with van der Waals surface area (Å²) >= 11 is 1.32. The van der Waals surface area contributed by atoms with E-state index in [1.165, 1.54) is 11.8 Å². The molecule has 9 nitrogen and oxygen atoms in total. The van der Waals surface area contributed by atoms with E-state index in [1.54, 1.807) is 98.1 Å². The summed E-state index contributed by atoms with van der Waals surface area (Å²) in [7, 11) is 1.57. The van der Waals surface area contributed by atoms with E-state index in [1.807, 2.05) is 12.1 Å². The van der Waals surface area contributed by atoms with Crippen LogP contribution in [0.25, 0.3) is 6.08 Å². The Kier molecular flexibility index (Phi) is 9.60. The summed E-state index contributed by atoms with van der Waals surface area (Å²) in [4.78, 5) is 39.7. The summed E-state index contributed by atoms with van der Waals surface area (Å²) in [6.45, 7) is 0.961. The van der Waals surface area contributed by atoms with Crippen LogP contribution in [0, 0.1) is 0 Å². The summed E-state index contributed by atoms with van der Waals surface area (Å²) in [6.07, 6.45) is 1.59. The molecule has 0 saturated carbocycles. The van der Waals surface area contributed by atoms with Gasteiger partial charge in [-0.15, -0.1) is 11.8 Å². The van der Waals surface area contributed by atoms with Crippen LogP contribution >= 0.6 is 11.8 Å². The van der Waals surface area contributed by atoms with Crippen molar-refractivity contribution in [3.05, 3.63) is 114 Å². The van der Waals surface area contributed by atoms with Crippen LogP contribution in [0.2, 0.25) is 0 Å². The zero-order valence-corrected chi connectivity index (χ0v) is 24.1. The van der Waals surface area contributed by atoms with E-state index in [0.717, 1.165) is 4.90 Å². The van der Waals surface area contributed by atoms with Gasteiger partial charge in [0.25, 0.3) is 11.8 Å². The van der Waals surface area contributed by atoms with Gasteiger partial charge in [-0.3, -0.25) is 14.4 Å². The highest BCUT2D eigenvalue weighted by Crippen LogP contribution is 2.32. The predicted octanol–water partition coefficient (Wildman–Crippen LogP) is 5.61. The second-order valence-corrected chi connectivity index (χ2v) is 10.4. The number of hydrogen-bond acceptors (Lipinski definition) is 7. The van der Waals surface area contributed by atoms with Crippen LogP contribution in [-0.4, -0.2) is 43.8 Å². The minimum absolute atomic E-state index is 0.0656. The second kappa shape index (κ2) is 14.1. The minimum atomic E-state index is -0.501. The quantitative estimate of drug-likeness (QED) is 0.161. The van der Waals surface area contributed by atoms with Gasteiger partial charge in [0.05, 0.1) is 12.9 Å². The third-order valence-corrected chi connectivity index (χ3v) is 7.24. The lowest BCUT2D eigenvalue weighted by Gasteiger charge is -2.19. The molecule has 1 aliphatic heterocycles. The number of amides is 3. The van der Waals surface area contributed by atoms with Crippen LogP contribution in [0.3, 0.4) is 0 Å². The van der Waals surface area contributed by atoms with Crippen molar-refractivity contribution >= 4 is 46.9 Å². The van der Waals surface area contributed by atoms with Crippen molar-refractivity contribution in [3.8, 4) is 17.2 Å². The molecular weight excluding hydrogens is 566 g/mol.